The van der Waals surface area contributed by atoms with Gasteiger partial charge in [0.15, 0.2) is 0 Å². The van der Waals surface area contributed by atoms with E-state index < -0.39 is 5.41 Å². The highest BCUT2D eigenvalue weighted by Crippen LogP contribution is 2.48. The zero-order chi connectivity index (χ0) is 13.5. The molecule has 2 aromatic rings. The standard InChI is InChI=1S/C15H16N2O2/c1-19-13-5-3-10-8-12(4-2-11(10)9-13)15(6-7-15)14(18)17-16/h2-5,8-9H,6-7,16H2,1H3,(H,17,18). The van der Waals surface area contributed by atoms with Crippen LogP contribution in [0.5, 0.6) is 5.75 Å². The first-order valence-corrected chi connectivity index (χ1v) is 6.29. The molecule has 4 heteroatoms. The van der Waals surface area contributed by atoms with E-state index >= 15 is 0 Å². The summed E-state index contributed by atoms with van der Waals surface area (Å²) in [6, 6.07) is 12.0. The second kappa shape index (κ2) is 4.24. The van der Waals surface area contributed by atoms with Crippen LogP contribution in [0.2, 0.25) is 0 Å². The van der Waals surface area contributed by atoms with Gasteiger partial charge in [0.2, 0.25) is 5.91 Å². The SMILES string of the molecule is COc1ccc2cc(C3(C(=O)NN)CC3)ccc2c1. The van der Waals surface area contributed by atoms with Gasteiger partial charge in [0.05, 0.1) is 12.5 Å². The van der Waals surface area contributed by atoms with E-state index in [0.29, 0.717) is 0 Å². The Kier molecular flexibility index (Phi) is 2.68. The predicted octanol–water partition coefficient (Wildman–Crippen LogP) is 1.87. The molecule has 3 rings (SSSR count). The van der Waals surface area contributed by atoms with Crippen LogP contribution in [0.1, 0.15) is 18.4 Å². The average molecular weight is 256 g/mol. The van der Waals surface area contributed by atoms with Crippen molar-refractivity contribution in [3.63, 3.8) is 0 Å². The number of nitrogens with one attached hydrogen (secondary N) is 1. The van der Waals surface area contributed by atoms with E-state index in [1.165, 1.54) is 0 Å². The van der Waals surface area contributed by atoms with Crippen molar-refractivity contribution in [2.75, 3.05) is 7.11 Å². The first kappa shape index (κ1) is 12.0. The molecule has 2 aromatic carbocycles. The average Bonchev–Trinajstić information content (AvgIpc) is 3.27. The molecule has 0 spiro atoms. The molecule has 0 aliphatic heterocycles. The minimum absolute atomic E-state index is 0.0969. The highest BCUT2D eigenvalue weighted by atomic mass is 16.5. The molecule has 0 radical (unpaired) electrons. The summed E-state index contributed by atoms with van der Waals surface area (Å²) in [6.07, 6.45) is 1.72. The van der Waals surface area contributed by atoms with Gasteiger partial charge in [-0.1, -0.05) is 24.3 Å². The van der Waals surface area contributed by atoms with E-state index in [1.807, 2.05) is 30.3 Å². The third-order valence-corrected chi connectivity index (χ3v) is 3.92. The second-order valence-electron chi connectivity index (χ2n) is 4.98. The lowest BCUT2D eigenvalue weighted by Crippen LogP contribution is -2.39. The number of fused-ring (bicyclic) bond motifs is 1. The lowest BCUT2D eigenvalue weighted by Gasteiger charge is -2.14. The van der Waals surface area contributed by atoms with Crippen molar-refractivity contribution in [3.05, 3.63) is 42.0 Å². The van der Waals surface area contributed by atoms with Gasteiger partial charge in [0.1, 0.15) is 5.75 Å². The molecule has 1 amide bonds. The van der Waals surface area contributed by atoms with E-state index in [0.717, 1.165) is 34.9 Å². The molecule has 0 heterocycles. The summed E-state index contributed by atoms with van der Waals surface area (Å²) in [6.45, 7) is 0. The minimum atomic E-state index is -0.414. The molecule has 1 aliphatic rings. The van der Waals surface area contributed by atoms with Crippen molar-refractivity contribution in [3.8, 4) is 5.75 Å². The number of carbonyl (C=O) groups excluding carboxylic acids is 1. The second-order valence-corrected chi connectivity index (χ2v) is 4.98. The summed E-state index contributed by atoms with van der Waals surface area (Å²) in [5, 5.41) is 2.21. The number of rotatable bonds is 3. The number of hydrogen-bond donors (Lipinski definition) is 2. The fourth-order valence-electron chi connectivity index (χ4n) is 2.56. The van der Waals surface area contributed by atoms with Gasteiger partial charge in [-0.2, -0.15) is 0 Å². The van der Waals surface area contributed by atoms with Gasteiger partial charge in [-0.15, -0.1) is 0 Å². The van der Waals surface area contributed by atoms with Gasteiger partial charge in [0.25, 0.3) is 0 Å². The molecule has 0 unspecified atom stereocenters. The topological polar surface area (TPSA) is 64.3 Å². The minimum Gasteiger partial charge on any atom is -0.497 e. The highest BCUT2D eigenvalue weighted by Gasteiger charge is 2.51. The van der Waals surface area contributed by atoms with Crippen LogP contribution in [-0.2, 0) is 10.2 Å². The number of hydrazine groups is 1. The normalized spacial score (nSPS) is 16.1. The highest BCUT2D eigenvalue weighted by molar-refractivity contribution is 5.93. The van der Waals surface area contributed by atoms with E-state index in [-0.39, 0.29) is 5.91 Å². The van der Waals surface area contributed by atoms with Crippen molar-refractivity contribution in [2.45, 2.75) is 18.3 Å². The molecule has 0 atom stereocenters. The Balaban J connectivity index is 2.05. The van der Waals surface area contributed by atoms with Crippen molar-refractivity contribution in [1.82, 2.24) is 5.43 Å². The maximum atomic E-state index is 11.9. The van der Waals surface area contributed by atoms with Crippen LogP contribution in [-0.4, -0.2) is 13.0 Å². The van der Waals surface area contributed by atoms with Gasteiger partial charge in [-0.05, 0) is 41.3 Å². The Morgan fingerprint density at radius 2 is 1.89 bits per heavy atom. The zero-order valence-corrected chi connectivity index (χ0v) is 10.8. The maximum Gasteiger partial charge on any atom is 0.244 e. The molecule has 0 aromatic heterocycles. The molecule has 19 heavy (non-hydrogen) atoms. The fourth-order valence-corrected chi connectivity index (χ4v) is 2.56. The van der Waals surface area contributed by atoms with Crippen molar-refractivity contribution in [2.24, 2.45) is 5.84 Å². The van der Waals surface area contributed by atoms with Crippen molar-refractivity contribution >= 4 is 16.7 Å². The Bertz CT molecular complexity index is 648. The van der Waals surface area contributed by atoms with Crippen LogP contribution < -0.4 is 16.0 Å². The molecule has 1 saturated carbocycles. The van der Waals surface area contributed by atoms with Crippen molar-refractivity contribution in [1.29, 1.82) is 0 Å². The van der Waals surface area contributed by atoms with Gasteiger partial charge in [-0.25, -0.2) is 5.84 Å². The molecule has 98 valence electrons. The summed E-state index contributed by atoms with van der Waals surface area (Å²) < 4.78 is 5.21. The summed E-state index contributed by atoms with van der Waals surface area (Å²) >= 11 is 0. The van der Waals surface area contributed by atoms with E-state index in [2.05, 4.69) is 11.5 Å². The molecule has 0 bridgehead atoms. The number of ether oxygens (including phenoxy) is 1. The molecule has 1 aliphatic carbocycles. The quantitative estimate of drug-likeness (QED) is 0.500. The first-order valence-electron chi connectivity index (χ1n) is 6.29. The van der Waals surface area contributed by atoms with Crippen LogP contribution in [0.3, 0.4) is 0 Å². The van der Waals surface area contributed by atoms with E-state index in [9.17, 15) is 4.79 Å². The summed E-state index contributed by atoms with van der Waals surface area (Å²) in [4.78, 5) is 11.9. The van der Waals surface area contributed by atoms with Crippen LogP contribution in [0, 0.1) is 0 Å². The molecule has 0 saturated heterocycles. The lowest BCUT2D eigenvalue weighted by molar-refractivity contribution is -0.123. The van der Waals surface area contributed by atoms with Gasteiger partial charge in [-0.3, -0.25) is 10.2 Å². The largest absolute Gasteiger partial charge is 0.497 e. The maximum absolute atomic E-state index is 11.9. The first-order chi connectivity index (χ1) is 9.19. The van der Waals surface area contributed by atoms with Crippen LogP contribution >= 0.6 is 0 Å². The van der Waals surface area contributed by atoms with Gasteiger partial charge < -0.3 is 4.74 Å². The van der Waals surface area contributed by atoms with Crippen LogP contribution in [0.4, 0.5) is 0 Å². The number of methoxy groups -OCH3 is 1. The van der Waals surface area contributed by atoms with E-state index in [1.54, 1.807) is 7.11 Å². The third-order valence-electron chi connectivity index (χ3n) is 3.92. The summed E-state index contributed by atoms with van der Waals surface area (Å²) in [7, 11) is 1.65. The molecule has 3 N–H and O–H groups in total. The Labute approximate surface area is 111 Å². The van der Waals surface area contributed by atoms with Crippen LogP contribution in [0.15, 0.2) is 36.4 Å². The summed E-state index contributed by atoms with van der Waals surface area (Å²) in [5.74, 6) is 6.01. The number of carbonyl (C=O) groups is 1. The number of nitrogens with two attached hydrogens (primary N) is 1. The number of amides is 1. The fraction of sp³-hybridized carbons (Fsp3) is 0.267. The lowest BCUT2D eigenvalue weighted by atomic mass is 9.93. The molecular formula is C15H16N2O2. The number of benzene rings is 2. The number of hydrogen-bond acceptors (Lipinski definition) is 3. The van der Waals surface area contributed by atoms with Gasteiger partial charge in [0, 0.05) is 0 Å². The molecule has 1 fully saturated rings. The Hall–Kier alpha value is -2.07. The summed E-state index contributed by atoms with van der Waals surface area (Å²) in [5.41, 5.74) is 2.90. The molecule has 4 nitrogen and oxygen atoms in total. The van der Waals surface area contributed by atoms with Gasteiger partial charge >= 0.3 is 0 Å². The predicted molar refractivity (Wildman–Crippen MR) is 73.7 cm³/mol. The van der Waals surface area contributed by atoms with E-state index in [4.69, 9.17) is 10.6 Å². The Morgan fingerprint density at radius 1 is 1.21 bits per heavy atom. The zero-order valence-electron chi connectivity index (χ0n) is 10.8. The smallest absolute Gasteiger partial charge is 0.244 e. The molecular weight excluding hydrogens is 240 g/mol. The third kappa shape index (κ3) is 1.85. The Morgan fingerprint density at radius 3 is 2.53 bits per heavy atom. The van der Waals surface area contributed by atoms with Crippen molar-refractivity contribution < 1.29 is 9.53 Å². The monoisotopic (exact) mass is 256 g/mol. The van der Waals surface area contributed by atoms with Crippen LogP contribution in [0.25, 0.3) is 10.8 Å².